The Morgan fingerprint density at radius 2 is 2.00 bits per heavy atom. The van der Waals surface area contributed by atoms with Crippen molar-refractivity contribution < 1.29 is 19.1 Å². The standard InChI is InChI=1S/C18H22N6O4.ClH/c1-24-18(22-16(23-24)11-4-6-19-7-5-11)21-15(25)9-20-17(26)12-2-3-13-14(8-12)28-10-27-13;/h2-3,8,11,19H,4-7,9-10H2,1H3,(H,20,26)(H,21,22,23,25);1H. The fraction of sp³-hybridized carbons (Fsp3) is 0.444. The van der Waals surface area contributed by atoms with Gasteiger partial charge in [-0.25, -0.2) is 4.68 Å². The summed E-state index contributed by atoms with van der Waals surface area (Å²) in [7, 11) is 1.73. The SMILES string of the molecule is Cl.Cn1nc(C2CCNCC2)nc1NC(=O)CNC(=O)c1ccc2c(c1)OCO2. The lowest BCUT2D eigenvalue weighted by Crippen LogP contribution is -2.33. The van der Waals surface area contributed by atoms with Crippen LogP contribution in [-0.4, -0.2) is 53.0 Å². The molecule has 0 spiro atoms. The van der Waals surface area contributed by atoms with Gasteiger partial charge < -0.3 is 20.1 Å². The number of fused-ring (bicyclic) bond motifs is 1. The lowest BCUT2D eigenvalue weighted by Gasteiger charge is -2.19. The number of nitrogens with one attached hydrogen (secondary N) is 3. The van der Waals surface area contributed by atoms with Crippen LogP contribution in [0.3, 0.4) is 0 Å². The Hall–Kier alpha value is -2.85. The van der Waals surface area contributed by atoms with E-state index in [1.165, 1.54) is 0 Å². The molecule has 2 amide bonds. The third-order valence-electron chi connectivity index (χ3n) is 4.78. The summed E-state index contributed by atoms with van der Waals surface area (Å²) in [5.74, 6) is 1.77. The van der Waals surface area contributed by atoms with Gasteiger partial charge in [0.05, 0.1) is 6.54 Å². The summed E-state index contributed by atoms with van der Waals surface area (Å²) in [6, 6.07) is 4.87. The summed E-state index contributed by atoms with van der Waals surface area (Å²) >= 11 is 0. The quantitative estimate of drug-likeness (QED) is 0.652. The van der Waals surface area contributed by atoms with Gasteiger partial charge in [0.1, 0.15) is 0 Å². The Morgan fingerprint density at radius 1 is 1.24 bits per heavy atom. The van der Waals surface area contributed by atoms with Crippen molar-refractivity contribution in [3.8, 4) is 11.5 Å². The number of amides is 2. The molecule has 0 atom stereocenters. The van der Waals surface area contributed by atoms with Gasteiger partial charge in [0, 0.05) is 18.5 Å². The van der Waals surface area contributed by atoms with Crippen LogP contribution in [0.2, 0.25) is 0 Å². The van der Waals surface area contributed by atoms with Crippen molar-refractivity contribution in [1.29, 1.82) is 0 Å². The molecule has 156 valence electrons. The zero-order valence-corrected chi connectivity index (χ0v) is 16.8. The van der Waals surface area contributed by atoms with Gasteiger partial charge in [0.25, 0.3) is 5.91 Å². The number of carbonyl (C=O) groups excluding carboxylic acids is 2. The topological polar surface area (TPSA) is 119 Å². The number of benzene rings is 1. The van der Waals surface area contributed by atoms with E-state index < -0.39 is 0 Å². The van der Waals surface area contributed by atoms with Crippen LogP contribution < -0.4 is 25.4 Å². The average molecular weight is 423 g/mol. The van der Waals surface area contributed by atoms with Crippen LogP contribution in [0.4, 0.5) is 5.95 Å². The van der Waals surface area contributed by atoms with Gasteiger partial charge in [-0.05, 0) is 44.1 Å². The lowest BCUT2D eigenvalue weighted by atomic mass is 9.98. The van der Waals surface area contributed by atoms with Crippen molar-refractivity contribution in [2.24, 2.45) is 7.05 Å². The van der Waals surface area contributed by atoms with Crippen molar-refractivity contribution in [3.63, 3.8) is 0 Å². The number of rotatable bonds is 5. The minimum Gasteiger partial charge on any atom is -0.454 e. The van der Waals surface area contributed by atoms with Gasteiger partial charge in [-0.1, -0.05) is 0 Å². The van der Waals surface area contributed by atoms with Crippen LogP contribution in [0.15, 0.2) is 18.2 Å². The van der Waals surface area contributed by atoms with E-state index in [2.05, 4.69) is 26.0 Å². The van der Waals surface area contributed by atoms with E-state index >= 15 is 0 Å². The molecule has 3 heterocycles. The fourth-order valence-corrected chi connectivity index (χ4v) is 3.24. The van der Waals surface area contributed by atoms with Gasteiger partial charge in [-0.15, -0.1) is 12.4 Å². The number of piperidine rings is 1. The van der Waals surface area contributed by atoms with Crippen LogP contribution in [0.1, 0.15) is 34.9 Å². The van der Waals surface area contributed by atoms with Crippen LogP contribution >= 0.6 is 12.4 Å². The second-order valence-corrected chi connectivity index (χ2v) is 6.74. The lowest BCUT2D eigenvalue weighted by molar-refractivity contribution is -0.115. The monoisotopic (exact) mass is 422 g/mol. The molecule has 4 rings (SSSR count). The van der Waals surface area contributed by atoms with Gasteiger partial charge in [0.2, 0.25) is 18.6 Å². The van der Waals surface area contributed by atoms with E-state index in [1.54, 1.807) is 29.9 Å². The Morgan fingerprint density at radius 3 is 2.79 bits per heavy atom. The van der Waals surface area contributed by atoms with Crippen molar-refractivity contribution in [1.82, 2.24) is 25.4 Å². The van der Waals surface area contributed by atoms with E-state index in [9.17, 15) is 9.59 Å². The number of anilines is 1. The van der Waals surface area contributed by atoms with E-state index in [0.717, 1.165) is 31.8 Å². The highest BCUT2D eigenvalue weighted by molar-refractivity contribution is 5.99. The molecular formula is C18H23ClN6O4. The van der Waals surface area contributed by atoms with Crippen molar-refractivity contribution in [2.75, 3.05) is 31.7 Å². The first-order valence-corrected chi connectivity index (χ1v) is 9.19. The van der Waals surface area contributed by atoms with Crippen LogP contribution in [-0.2, 0) is 11.8 Å². The molecule has 1 saturated heterocycles. The number of aromatic nitrogens is 3. The first-order chi connectivity index (χ1) is 13.6. The Labute approximate surface area is 173 Å². The van der Waals surface area contributed by atoms with Gasteiger partial charge >= 0.3 is 0 Å². The molecule has 0 saturated carbocycles. The number of hydrogen-bond donors (Lipinski definition) is 3. The third-order valence-corrected chi connectivity index (χ3v) is 4.78. The molecule has 0 radical (unpaired) electrons. The van der Waals surface area contributed by atoms with Gasteiger partial charge in [0.15, 0.2) is 17.3 Å². The predicted molar refractivity (Wildman–Crippen MR) is 107 cm³/mol. The summed E-state index contributed by atoms with van der Waals surface area (Å²) in [6.45, 7) is 1.84. The zero-order chi connectivity index (χ0) is 19.5. The highest BCUT2D eigenvalue weighted by Crippen LogP contribution is 2.32. The molecule has 0 aliphatic carbocycles. The Kier molecular flexibility index (Phi) is 6.55. The molecule has 29 heavy (non-hydrogen) atoms. The number of carbonyl (C=O) groups is 2. The van der Waals surface area contributed by atoms with Crippen molar-refractivity contribution in [2.45, 2.75) is 18.8 Å². The molecule has 2 aliphatic rings. The van der Waals surface area contributed by atoms with Crippen LogP contribution in [0, 0.1) is 0 Å². The molecule has 10 nitrogen and oxygen atoms in total. The number of halogens is 1. The Bertz CT molecular complexity index is 896. The smallest absolute Gasteiger partial charge is 0.251 e. The van der Waals surface area contributed by atoms with E-state index in [-0.39, 0.29) is 37.6 Å². The molecule has 11 heteroatoms. The Balaban J connectivity index is 0.00000240. The third kappa shape index (κ3) is 4.77. The molecule has 1 aromatic heterocycles. The van der Waals surface area contributed by atoms with Crippen LogP contribution in [0.5, 0.6) is 11.5 Å². The maximum Gasteiger partial charge on any atom is 0.251 e. The minimum atomic E-state index is -0.374. The molecule has 1 aromatic carbocycles. The molecular weight excluding hydrogens is 400 g/mol. The maximum absolute atomic E-state index is 12.3. The number of nitrogens with zero attached hydrogens (tertiary/aromatic N) is 3. The first-order valence-electron chi connectivity index (χ1n) is 9.19. The van der Waals surface area contributed by atoms with E-state index in [0.29, 0.717) is 28.9 Å². The normalized spacial score (nSPS) is 15.5. The summed E-state index contributed by atoms with van der Waals surface area (Å²) in [6.07, 6.45) is 1.95. The summed E-state index contributed by atoms with van der Waals surface area (Å²) in [4.78, 5) is 28.9. The molecule has 2 aromatic rings. The molecule has 2 aliphatic heterocycles. The highest BCUT2D eigenvalue weighted by atomic mass is 35.5. The van der Waals surface area contributed by atoms with Gasteiger partial charge in [-0.3, -0.25) is 14.9 Å². The highest BCUT2D eigenvalue weighted by Gasteiger charge is 2.21. The number of aryl methyl sites for hydroxylation is 1. The predicted octanol–water partition coefficient (Wildman–Crippen LogP) is 0.801. The van der Waals surface area contributed by atoms with Crippen molar-refractivity contribution in [3.05, 3.63) is 29.6 Å². The summed E-state index contributed by atoms with van der Waals surface area (Å²) in [5.41, 5.74) is 0.393. The van der Waals surface area contributed by atoms with Crippen molar-refractivity contribution >= 4 is 30.2 Å². The number of hydrogen-bond acceptors (Lipinski definition) is 7. The van der Waals surface area contributed by atoms with Gasteiger partial charge in [-0.2, -0.15) is 10.1 Å². The fourth-order valence-electron chi connectivity index (χ4n) is 3.24. The van der Waals surface area contributed by atoms with Crippen LogP contribution in [0.25, 0.3) is 0 Å². The molecule has 3 N–H and O–H groups in total. The summed E-state index contributed by atoms with van der Waals surface area (Å²) in [5, 5.41) is 13.0. The maximum atomic E-state index is 12.3. The first kappa shape index (κ1) is 20.9. The minimum absolute atomic E-state index is 0. The second kappa shape index (κ2) is 9.10. The largest absolute Gasteiger partial charge is 0.454 e. The average Bonchev–Trinajstić information content (AvgIpc) is 3.33. The van der Waals surface area contributed by atoms with E-state index in [4.69, 9.17) is 9.47 Å². The molecule has 1 fully saturated rings. The molecule has 0 unspecified atom stereocenters. The van der Waals surface area contributed by atoms with E-state index in [1.807, 2.05) is 0 Å². The second-order valence-electron chi connectivity index (χ2n) is 6.74. The zero-order valence-electron chi connectivity index (χ0n) is 15.9. The summed E-state index contributed by atoms with van der Waals surface area (Å²) < 4.78 is 12.0. The molecule has 0 bridgehead atoms. The number of ether oxygens (including phenoxy) is 2.